The molecule has 27 heavy (non-hydrogen) atoms. The smallest absolute Gasteiger partial charge is 0.243 e. The van der Waals surface area contributed by atoms with Crippen LogP contribution in [0.25, 0.3) is 0 Å². The van der Waals surface area contributed by atoms with E-state index in [0.29, 0.717) is 16.6 Å². The van der Waals surface area contributed by atoms with Gasteiger partial charge in [0.05, 0.1) is 11.4 Å². The van der Waals surface area contributed by atoms with E-state index in [1.54, 1.807) is 24.3 Å². The molecule has 8 heteroatoms. The third-order valence-electron chi connectivity index (χ3n) is 3.90. The molecule has 0 aliphatic rings. The highest BCUT2D eigenvalue weighted by Crippen LogP contribution is 2.21. The molecule has 2 aromatic rings. The number of carbonyl (C=O) groups is 1. The predicted octanol–water partition coefficient (Wildman–Crippen LogP) is 4.10. The van der Waals surface area contributed by atoms with Gasteiger partial charge in [-0.05, 0) is 48.4 Å². The number of nitrogens with zero attached hydrogens (tertiary/aromatic N) is 1. The number of amides is 1. The molecule has 0 spiro atoms. The molecule has 0 aromatic heterocycles. The van der Waals surface area contributed by atoms with Crippen molar-refractivity contribution in [3.05, 3.63) is 64.1 Å². The van der Waals surface area contributed by atoms with Crippen LogP contribution in [-0.2, 0) is 21.4 Å². The maximum absolute atomic E-state index is 13.1. The van der Waals surface area contributed by atoms with E-state index in [4.69, 9.17) is 23.2 Å². The first-order chi connectivity index (χ1) is 12.8. The normalized spacial score (nSPS) is 11.6. The van der Waals surface area contributed by atoms with Gasteiger partial charge in [0.25, 0.3) is 0 Å². The summed E-state index contributed by atoms with van der Waals surface area (Å²) in [5, 5.41) is 3.75. The molecular weight excluding hydrogens is 407 g/mol. The van der Waals surface area contributed by atoms with Crippen molar-refractivity contribution in [2.24, 2.45) is 0 Å². The molecule has 0 saturated heterocycles. The molecule has 1 amide bonds. The lowest BCUT2D eigenvalue weighted by Gasteiger charge is -2.22. The van der Waals surface area contributed by atoms with Gasteiger partial charge in [-0.2, -0.15) is 4.31 Å². The van der Waals surface area contributed by atoms with E-state index < -0.39 is 10.0 Å². The molecule has 0 radical (unpaired) electrons. The van der Waals surface area contributed by atoms with Gasteiger partial charge in [0.1, 0.15) is 0 Å². The maximum Gasteiger partial charge on any atom is 0.243 e. The fourth-order valence-electron chi connectivity index (χ4n) is 2.40. The second-order valence-corrected chi connectivity index (χ2v) is 8.87. The molecule has 0 unspecified atom stereocenters. The summed E-state index contributed by atoms with van der Waals surface area (Å²) < 4.78 is 27.3. The lowest BCUT2D eigenvalue weighted by atomic mass is 10.2. The molecule has 0 atom stereocenters. The van der Waals surface area contributed by atoms with Crippen LogP contribution in [0.2, 0.25) is 10.0 Å². The molecule has 0 aliphatic carbocycles. The number of hydrogen-bond donors (Lipinski definition) is 1. The van der Waals surface area contributed by atoms with Crippen molar-refractivity contribution >= 4 is 39.1 Å². The summed E-state index contributed by atoms with van der Waals surface area (Å²) in [4.78, 5) is 12.3. The number of unbranched alkanes of at least 4 members (excludes halogenated alkanes) is 1. The van der Waals surface area contributed by atoms with E-state index in [2.05, 4.69) is 5.32 Å². The van der Waals surface area contributed by atoms with E-state index in [0.717, 1.165) is 22.7 Å². The van der Waals surface area contributed by atoms with Crippen molar-refractivity contribution in [3.8, 4) is 0 Å². The molecule has 0 heterocycles. The quantitative estimate of drug-likeness (QED) is 0.611. The Morgan fingerprint density at radius 3 is 2.11 bits per heavy atom. The topological polar surface area (TPSA) is 66.5 Å². The Hall–Kier alpha value is -1.60. The van der Waals surface area contributed by atoms with Crippen molar-refractivity contribution in [2.75, 3.05) is 13.1 Å². The standard InChI is InChI=1S/C19H22Cl2N2O3S/c1-2-3-12-22-19(24)14-23(13-15-4-6-16(20)7-5-15)27(25,26)18-10-8-17(21)9-11-18/h4-11H,2-3,12-14H2,1H3,(H,22,24). The minimum atomic E-state index is -3.87. The lowest BCUT2D eigenvalue weighted by molar-refractivity contribution is -0.121. The van der Waals surface area contributed by atoms with E-state index in [1.165, 1.54) is 24.3 Å². The predicted molar refractivity (Wildman–Crippen MR) is 108 cm³/mol. The Morgan fingerprint density at radius 2 is 1.56 bits per heavy atom. The van der Waals surface area contributed by atoms with Crippen LogP contribution in [-0.4, -0.2) is 31.7 Å². The van der Waals surface area contributed by atoms with Gasteiger partial charge >= 0.3 is 0 Å². The molecule has 1 N–H and O–H groups in total. The van der Waals surface area contributed by atoms with E-state index in [-0.39, 0.29) is 23.9 Å². The molecule has 146 valence electrons. The number of hydrogen-bond acceptors (Lipinski definition) is 3. The Labute approximate surface area is 170 Å². The third kappa shape index (κ3) is 6.50. The van der Waals surface area contributed by atoms with E-state index in [1.807, 2.05) is 6.92 Å². The third-order valence-corrected chi connectivity index (χ3v) is 6.21. The monoisotopic (exact) mass is 428 g/mol. The van der Waals surface area contributed by atoms with Gasteiger partial charge < -0.3 is 5.32 Å². The van der Waals surface area contributed by atoms with Crippen molar-refractivity contribution in [2.45, 2.75) is 31.2 Å². The van der Waals surface area contributed by atoms with Gasteiger partial charge in [0.2, 0.25) is 15.9 Å². The molecular formula is C19H22Cl2N2O3S. The average Bonchev–Trinajstić information content (AvgIpc) is 2.63. The van der Waals surface area contributed by atoms with Crippen molar-refractivity contribution < 1.29 is 13.2 Å². The SMILES string of the molecule is CCCCNC(=O)CN(Cc1ccc(Cl)cc1)S(=O)(=O)c1ccc(Cl)cc1. The first-order valence-corrected chi connectivity index (χ1v) is 10.8. The van der Waals surface area contributed by atoms with E-state index >= 15 is 0 Å². The number of nitrogens with one attached hydrogen (secondary N) is 1. The molecule has 2 aromatic carbocycles. The lowest BCUT2D eigenvalue weighted by Crippen LogP contribution is -2.40. The Bertz CT molecular complexity index is 854. The first kappa shape index (κ1) is 21.7. The van der Waals surface area contributed by atoms with Gasteiger partial charge in [-0.15, -0.1) is 0 Å². The highest BCUT2D eigenvalue weighted by molar-refractivity contribution is 7.89. The Morgan fingerprint density at radius 1 is 1.00 bits per heavy atom. The fraction of sp³-hybridized carbons (Fsp3) is 0.316. The number of sulfonamides is 1. The zero-order valence-electron chi connectivity index (χ0n) is 15.0. The summed E-state index contributed by atoms with van der Waals surface area (Å²) in [5.74, 6) is -0.338. The van der Waals surface area contributed by atoms with Crippen LogP contribution in [0, 0.1) is 0 Å². The van der Waals surface area contributed by atoms with Gasteiger partial charge in [0.15, 0.2) is 0 Å². The summed E-state index contributed by atoms with van der Waals surface area (Å²) in [6.45, 7) is 2.33. The highest BCUT2D eigenvalue weighted by Gasteiger charge is 2.26. The molecule has 0 bridgehead atoms. The Kier molecular flexibility index (Phi) is 8.10. The number of carbonyl (C=O) groups excluding carboxylic acids is 1. The van der Waals surface area contributed by atoms with E-state index in [9.17, 15) is 13.2 Å². The molecule has 2 rings (SSSR count). The maximum atomic E-state index is 13.1. The second kappa shape index (κ2) is 10.1. The van der Waals surface area contributed by atoms with Crippen LogP contribution in [0.3, 0.4) is 0 Å². The number of rotatable bonds is 9. The Balaban J connectivity index is 2.25. The largest absolute Gasteiger partial charge is 0.355 e. The first-order valence-electron chi connectivity index (χ1n) is 8.60. The average molecular weight is 429 g/mol. The van der Waals surface area contributed by atoms with Crippen LogP contribution in [0.4, 0.5) is 0 Å². The van der Waals surface area contributed by atoms with Crippen LogP contribution >= 0.6 is 23.2 Å². The van der Waals surface area contributed by atoms with Crippen LogP contribution < -0.4 is 5.32 Å². The second-order valence-electron chi connectivity index (χ2n) is 6.06. The van der Waals surface area contributed by atoms with Crippen LogP contribution in [0.5, 0.6) is 0 Å². The summed E-state index contributed by atoms with van der Waals surface area (Å²) in [6, 6.07) is 12.7. The minimum absolute atomic E-state index is 0.0589. The van der Waals surface area contributed by atoms with Crippen LogP contribution in [0.1, 0.15) is 25.3 Å². The van der Waals surface area contributed by atoms with Crippen LogP contribution in [0.15, 0.2) is 53.4 Å². The summed E-state index contributed by atoms with van der Waals surface area (Å²) in [7, 11) is -3.87. The molecule has 5 nitrogen and oxygen atoms in total. The molecule has 0 saturated carbocycles. The summed E-state index contributed by atoms with van der Waals surface area (Å²) in [5.41, 5.74) is 0.735. The molecule has 0 fully saturated rings. The van der Waals surface area contributed by atoms with Gasteiger partial charge in [0, 0.05) is 23.1 Å². The van der Waals surface area contributed by atoms with Gasteiger partial charge in [-0.1, -0.05) is 48.7 Å². The van der Waals surface area contributed by atoms with Gasteiger partial charge in [-0.3, -0.25) is 4.79 Å². The highest BCUT2D eigenvalue weighted by atomic mass is 35.5. The molecule has 0 aliphatic heterocycles. The number of benzene rings is 2. The number of halogens is 2. The zero-order chi connectivity index (χ0) is 19.9. The summed E-state index contributed by atoms with van der Waals surface area (Å²) >= 11 is 11.8. The van der Waals surface area contributed by atoms with Crippen molar-refractivity contribution in [1.29, 1.82) is 0 Å². The minimum Gasteiger partial charge on any atom is -0.355 e. The zero-order valence-corrected chi connectivity index (χ0v) is 17.3. The fourth-order valence-corrected chi connectivity index (χ4v) is 4.03. The van der Waals surface area contributed by atoms with Crippen molar-refractivity contribution in [1.82, 2.24) is 9.62 Å². The van der Waals surface area contributed by atoms with Gasteiger partial charge in [-0.25, -0.2) is 8.42 Å². The van der Waals surface area contributed by atoms with Crippen molar-refractivity contribution in [3.63, 3.8) is 0 Å². The summed E-state index contributed by atoms with van der Waals surface area (Å²) in [6.07, 6.45) is 1.78.